The van der Waals surface area contributed by atoms with Gasteiger partial charge in [-0.1, -0.05) is 6.92 Å². The maximum absolute atomic E-state index is 10.5. The highest BCUT2D eigenvalue weighted by atomic mass is 32.1. The first kappa shape index (κ1) is 13.3. The molecule has 90 valence electrons. The lowest BCUT2D eigenvalue weighted by atomic mass is 9.93. The van der Waals surface area contributed by atoms with Crippen LogP contribution in [0.5, 0.6) is 0 Å². The Morgan fingerprint density at radius 2 is 2.31 bits per heavy atom. The first-order valence-corrected chi connectivity index (χ1v) is 6.45. The molecule has 2 rings (SSSR count). The maximum atomic E-state index is 10.5. The van der Waals surface area contributed by atoms with E-state index in [0.717, 1.165) is 31.7 Å². The molecule has 0 radical (unpaired) electrons. The zero-order valence-electron chi connectivity index (χ0n) is 10.2. The Labute approximate surface area is 101 Å². The molecule has 1 unspecified atom stereocenters. The minimum atomic E-state index is 0.647. The molecule has 0 N–H and O–H groups in total. The molecular formula is C12H19NO2S. The van der Waals surface area contributed by atoms with Crippen LogP contribution in [-0.2, 0) is 17.6 Å². The summed E-state index contributed by atoms with van der Waals surface area (Å²) in [5, 5.41) is 0.647. The van der Waals surface area contributed by atoms with Crippen LogP contribution in [0.4, 0.5) is 0 Å². The van der Waals surface area contributed by atoms with Crippen molar-refractivity contribution >= 4 is 17.6 Å². The Balaban J connectivity index is 0.000000280. The van der Waals surface area contributed by atoms with Gasteiger partial charge in [-0.15, -0.1) is 11.3 Å². The van der Waals surface area contributed by atoms with Gasteiger partial charge in [0.15, 0.2) is 11.3 Å². The Morgan fingerprint density at radius 3 is 2.88 bits per heavy atom. The van der Waals surface area contributed by atoms with Crippen LogP contribution in [0.2, 0.25) is 0 Å². The molecule has 1 aliphatic carbocycles. The highest BCUT2D eigenvalue weighted by molar-refractivity contribution is 7.13. The quantitative estimate of drug-likeness (QED) is 0.747. The van der Waals surface area contributed by atoms with E-state index in [1.807, 2.05) is 6.92 Å². The number of thiazole rings is 1. The van der Waals surface area contributed by atoms with Gasteiger partial charge in [-0.3, -0.25) is 4.79 Å². The summed E-state index contributed by atoms with van der Waals surface area (Å²) in [6, 6.07) is 0. The van der Waals surface area contributed by atoms with Crippen molar-refractivity contribution in [3.05, 3.63) is 15.6 Å². The molecule has 0 bridgehead atoms. The highest BCUT2D eigenvalue weighted by Crippen LogP contribution is 2.28. The van der Waals surface area contributed by atoms with Gasteiger partial charge in [0.25, 0.3) is 0 Å². The van der Waals surface area contributed by atoms with Crippen LogP contribution in [0.15, 0.2) is 0 Å². The molecule has 3 nitrogen and oxygen atoms in total. The lowest BCUT2D eigenvalue weighted by Crippen LogP contribution is -2.09. The monoisotopic (exact) mass is 241 g/mol. The molecule has 1 aromatic rings. The van der Waals surface area contributed by atoms with E-state index in [-0.39, 0.29) is 0 Å². The number of nitrogens with zero attached hydrogens (tertiary/aromatic N) is 1. The Kier molecular flexibility index (Phi) is 5.63. The summed E-state index contributed by atoms with van der Waals surface area (Å²) in [6.07, 6.45) is 4.27. The van der Waals surface area contributed by atoms with E-state index in [2.05, 4.69) is 16.6 Å². The van der Waals surface area contributed by atoms with Gasteiger partial charge in [0.2, 0.25) is 0 Å². The van der Waals surface area contributed by atoms with E-state index < -0.39 is 0 Å². The zero-order valence-corrected chi connectivity index (χ0v) is 11.0. The lowest BCUT2D eigenvalue weighted by molar-refractivity contribution is 0.112. The van der Waals surface area contributed by atoms with Crippen LogP contribution in [-0.4, -0.2) is 25.0 Å². The number of aldehydes is 1. The molecule has 1 heterocycles. The second-order valence-corrected chi connectivity index (χ2v) is 5.08. The molecule has 0 saturated heterocycles. The second kappa shape index (κ2) is 6.76. The molecule has 1 atom stereocenters. The van der Waals surface area contributed by atoms with Crippen LogP contribution < -0.4 is 0 Å². The summed E-state index contributed by atoms with van der Waals surface area (Å²) in [5.41, 5.74) is 1.17. The summed E-state index contributed by atoms with van der Waals surface area (Å²) < 4.78 is 4.54. The third-order valence-electron chi connectivity index (χ3n) is 2.59. The third-order valence-corrected chi connectivity index (χ3v) is 3.67. The first-order chi connectivity index (χ1) is 7.71. The number of fused-ring (bicyclic) bond motifs is 1. The smallest absolute Gasteiger partial charge is 0.178 e. The highest BCUT2D eigenvalue weighted by Gasteiger charge is 2.19. The van der Waals surface area contributed by atoms with Crippen LogP contribution in [0.3, 0.4) is 0 Å². The van der Waals surface area contributed by atoms with E-state index in [0.29, 0.717) is 5.01 Å². The van der Waals surface area contributed by atoms with Crippen molar-refractivity contribution in [3.8, 4) is 0 Å². The van der Waals surface area contributed by atoms with Gasteiger partial charge in [-0.25, -0.2) is 4.98 Å². The summed E-state index contributed by atoms with van der Waals surface area (Å²) >= 11 is 1.56. The average molecular weight is 241 g/mol. The van der Waals surface area contributed by atoms with Crippen molar-refractivity contribution in [2.24, 2.45) is 5.92 Å². The van der Waals surface area contributed by atoms with Crippen LogP contribution >= 0.6 is 11.3 Å². The summed E-state index contributed by atoms with van der Waals surface area (Å²) in [4.78, 5) is 16.1. The number of aromatic nitrogens is 1. The SMILES string of the molecule is CC1CCc2sc(C=O)nc2C1.CCOC. The van der Waals surface area contributed by atoms with E-state index in [1.54, 1.807) is 18.4 Å². The van der Waals surface area contributed by atoms with E-state index >= 15 is 0 Å². The fraction of sp³-hybridized carbons (Fsp3) is 0.667. The van der Waals surface area contributed by atoms with Crippen molar-refractivity contribution in [1.29, 1.82) is 0 Å². The van der Waals surface area contributed by atoms with Crippen LogP contribution in [0.1, 0.15) is 40.6 Å². The van der Waals surface area contributed by atoms with Crippen molar-refractivity contribution < 1.29 is 9.53 Å². The number of methoxy groups -OCH3 is 1. The number of hydrogen-bond acceptors (Lipinski definition) is 4. The molecular weight excluding hydrogens is 222 g/mol. The topological polar surface area (TPSA) is 39.2 Å². The number of carbonyl (C=O) groups excluding carboxylic acids is 1. The van der Waals surface area contributed by atoms with E-state index in [1.165, 1.54) is 17.0 Å². The molecule has 0 aliphatic heterocycles. The summed E-state index contributed by atoms with van der Waals surface area (Å²) in [6.45, 7) is 5.02. The van der Waals surface area contributed by atoms with Crippen molar-refractivity contribution in [1.82, 2.24) is 4.98 Å². The van der Waals surface area contributed by atoms with Gasteiger partial charge in [0, 0.05) is 18.6 Å². The van der Waals surface area contributed by atoms with E-state index in [4.69, 9.17) is 0 Å². The largest absolute Gasteiger partial charge is 0.385 e. The minimum Gasteiger partial charge on any atom is -0.385 e. The predicted molar refractivity (Wildman–Crippen MR) is 66.2 cm³/mol. The number of rotatable bonds is 2. The van der Waals surface area contributed by atoms with Gasteiger partial charge in [-0.2, -0.15) is 0 Å². The fourth-order valence-corrected chi connectivity index (χ4v) is 2.54. The molecule has 1 aromatic heterocycles. The van der Waals surface area contributed by atoms with Crippen molar-refractivity contribution in [2.75, 3.05) is 13.7 Å². The van der Waals surface area contributed by atoms with Crippen LogP contribution in [0, 0.1) is 5.92 Å². The van der Waals surface area contributed by atoms with Crippen molar-refractivity contribution in [2.45, 2.75) is 33.1 Å². The first-order valence-electron chi connectivity index (χ1n) is 5.63. The van der Waals surface area contributed by atoms with Gasteiger partial charge >= 0.3 is 0 Å². The number of aryl methyl sites for hydroxylation is 1. The molecule has 1 aliphatic rings. The predicted octanol–water partition coefficient (Wildman–Crippen LogP) is 2.73. The average Bonchev–Trinajstić information content (AvgIpc) is 2.71. The third kappa shape index (κ3) is 3.68. The Hall–Kier alpha value is -0.740. The van der Waals surface area contributed by atoms with Gasteiger partial charge in [0.1, 0.15) is 0 Å². The fourth-order valence-electron chi connectivity index (χ4n) is 1.62. The lowest BCUT2D eigenvalue weighted by Gasteiger charge is -2.15. The number of hydrogen-bond donors (Lipinski definition) is 0. The Bertz CT molecular complexity index is 334. The molecule has 0 aromatic carbocycles. The van der Waals surface area contributed by atoms with E-state index in [9.17, 15) is 4.79 Å². The van der Waals surface area contributed by atoms with Crippen LogP contribution in [0.25, 0.3) is 0 Å². The summed E-state index contributed by atoms with van der Waals surface area (Å²) in [5.74, 6) is 0.735. The minimum absolute atomic E-state index is 0.647. The zero-order chi connectivity index (χ0) is 12.0. The van der Waals surface area contributed by atoms with Crippen molar-refractivity contribution in [3.63, 3.8) is 0 Å². The van der Waals surface area contributed by atoms with Gasteiger partial charge in [0.05, 0.1) is 5.69 Å². The molecule has 0 fully saturated rings. The summed E-state index contributed by atoms with van der Waals surface area (Å²) in [7, 11) is 1.68. The molecule has 0 saturated carbocycles. The molecule has 0 spiro atoms. The molecule has 0 amide bonds. The van der Waals surface area contributed by atoms with Gasteiger partial charge in [-0.05, 0) is 32.1 Å². The standard InChI is InChI=1S/C9H11NOS.C3H8O/c1-6-2-3-8-7(4-6)10-9(5-11)12-8;1-3-4-2/h5-6H,2-4H2,1H3;3H2,1-2H3. The Morgan fingerprint density at radius 1 is 1.62 bits per heavy atom. The second-order valence-electron chi connectivity index (χ2n) is 3.97. The van der Waals surface area contributed by atoms with Gasteiger partial charge < -0.3 is 4.74 Å². The molecule has 4 heteroatoms. The normalized spacial score (nSPS) is 18.3. The maximum Gasteiger partial charge on any atom is 0.178 e. The number of ether oxygens (including phenoxy) is 1. The molecule has 16 heavy (non-hydrogen) atoms. The number of carbonyl (C=O) groups is 1.